The fourth-order valence-corrected chi connectivity index (χ4v) is 2.09. The molecule has 1 heterocycles. The highest BCUT2D eigenvalue weighted by molar-refractivity contribution is 6.03. The number of carbonyl (C=O) groups is 1. The molecule has 0 aliphatic heterocycles. The summed E-state index contributed by atoms with van der Waals surface area (Å²) in [6, 6.07) is 9.58. The van der Waals surface area contributed by atoms with Crippen molar-refractivity contribution in [2.45, 2.75) is 40.2 Å². The zero-order valence-electron chi connectivity index (χ0n) is 13.8. The second-order valence-electron chi connectivity index (χ2n) is 6.58. The number of nitrogens with zero attached hydrogens (tertiary/aromatic N) is 1. The Labute approximate surface area is 132 Å². The van der Waals surface area contributed by atoms with Crippen LogP contribution in [0.15, 0.2) is 36.5 Å². The molecule has 1 aromatic carbocycles. The summed E-state index contributed by atoms with van der Waals surface area (Å²) in [7, 11) is 0. The van der Waals surface area contributed by atoms with Crippen LogP contribution in [0.3, 0.4) is 0 Å². The Morgan fingerprint density at radius 1 is 1.09 bits per heavy atom. The van der Waals surface area contributed by atoms with Gasteiger partial charge in [-0.3, -0.25) is 4.79 Å². The Morgan fingerprint density at radius 2 is 1.82 bits per heavy atom. The monoisotopic (exact) mass is 297 g/mol. The molecule has 2 rings (SSSR count). The van der Waals surface area contributed by atoms with Crippen LogP contribution >= 0.6 is 0 Å². The van der Waals surface area contributed by atoms with Gasteiger partial charge in [-0.25, -0.2) is 4.98 Å². The molecule has 1 aromatic heterocycles. The first-order valence-corrected chi connectivity index (χ1v) is 7.37. The van der Waals surface area contributed by atoms with Crippen LogP contribution in [-0.4, -0.2) is 16.4 Å². The molecule has 2 aromatic rings. The maximum atomic E-state index is 12.3. The average molecular weight is 297 g/mol. The van der Waals surface area contributed by atoms with E-state index in [-0.39, 0.29) is 11.4 Å². The third-order valence-corrected chi connectivity index (χ3v) is 3.16. The fourth-order valence-electron chi connectivity index (χ4n) is 2.09. The molecule has 0 saturated carbocycles. The van der Waals surface area contributed by atoms with Crippen molar-refractivity contribution in [1.82, 2.24) is 4.98 Å². The molecule has 116 valence electrons. The molecule has 0 spiro atoms. The van der Waals surface area contributed by atoms with Crippen LogP contribution in [0, 0.1) is 13.8 Å². The lowest BCUT2D eigenvalue weighted by atomic mass is 10.1. The Balaban J connectivity index is 2.11. The van der Waals surface area contributed by atoms with Crippen LogP contribution in [0.25, 0.3) is 0 Å². The Hall–Kier alpha value is -2.36. The van der Waals surface area contributed by atoms with Crippen molar-refractivity contribution in [3.8, 4) is 0 Å². The SMILES string of the molecule is Cc1ccc(C)c(NC(=O)c2ccc(NC(C)(C)C)cn2)c1. The number of aromatic nitrogens is 1. The maximum Gasteiger partial charge on any atom is 0.274 e. The quantitative estimate of drug-likeness (QED) is 0.894. The highest BCUT2D eigenvalue weighted by atomic mass is 16.1. The molecule has 0 radical (unpaired) electrons. The van der Waals surface area contributed by atoms with Crippen molar-refractivity contribution in [3.05, 3.63) is 53.3 Å². The van der Waals surface area contributed by atoms with Gasteiger partial charge < -0.3 is 10.6 Å². The minimum Gasteiger partial charge on any atom is -0.379 e. The number of pyridine rings is 1. The lowest BCUT2D eigenvalue weighted by Gasteiger charge is -2.21. The zero-order valence-corrected chi connectivity index (χ0v) is 13.8. The Kier molecular flexibility index (Phi) is 4.50. The zero-order chi connectivity index (χ0) is 16.3. The third kappa shape index (κ3) is 4.32. The standard InChI is InChI=1S/C18H23N3O/c1-12-6-7-13(2)16(10-12)20-17(22)15-9-8-14(11-19-15)21-18(3,4)5/h6-11,21H,1-5H3,(H,20,22). The van der Waals surface area contributed by atoms with E-state index in [0.717, 1.165) is 22.5 Å². The molecule has 0 bridgehead atoms. The summed E-state index contributed by atoms with van der Waals surface area (Å²) < 4.78 is 0. The van der Waals surface area contributed by atoms with Crippen molar-refractivity contribution in [2.75, 3.05) is 10.6 Å². The lowest BCUT2D eigenvalue weighted by molar-refractivity contribution is 0.102. The van der Waals surface area contributed by atoms with Gasteiger partial charge in [-0.15, -0.1) is 0 Å². The number of amides is 1. The Morgan fingerprint density at radius 3 is 2.41 bits per heavy atom. The third-order valence-electron chi connectivity index (χ3n) is 3.16. The highest BCUT2D eigenvalue weighted by Gasteiger charge is 2.12. The van der Waals surface area contributed by atoms with Crippen LogP contribution in [-0.2, 0) is 0 Å². The van der Waals surface area contributed by atoms with Crippen molar-refractivity contribution in [2.24, 2.45) is 0 Å². The molecule has 1 amide bonds. The van der Waals surface area contributed by atoms with E-state index in [9.17, 15) is 4.79 Å². The predicted molar refractivity (Wildman–Crippen MR) is 91.5 cm³/mol. The predicted octanol–water partition coefficient (Wildman–Crippen LogP) is 4.16. The molecule has 0 atom stereocenters. The maximum absolute atomic E-state index is 12.3. The smallest absolute Gasteiger partial charge is 0.274 e. The normalized spacial score (nSPS) is 11.1. The van der Waals surface area contributed by atoms with E-state index >= 15 is 0 Å². The largest absolute Gasteiger partial charge is 0.379 e. The first-order valence-electron chi connectivity index (χ1n) is 7.37. The summed E-state index contributed by atoms with van der Waals surface area (Å²) in [5.74, 6) is -0.198. The molecule has 0 aliphatic carbocycles. The Bertz CT molecular complexity index is 670. The fraction of sp³-hybridized carbons (Fsp3) is 0.333. The molecule has 2 N–H and O–H groups in total. The van der Waals surface area contributed by atoms with Crippen LogP contribution in [0.1, 0.15) is 42.4 Å². The number of aryl methyl sites for hydroxylation is 2. The first kappa shape index (κ1) is 16.0. The minimum atomic E-state index is -0.198. The van der Waals surface area contributed by atoms with E-state index in [1.807, 2.05) is 38.1 Å². The van der Waals surface area contributed by atoms with Gasteiger partial charge in [0.05, 0.1) is 11.9 Å². The van der Waals surface area contributed by atoms with Gasteiger partial charge in [0.25, 0.3) is 5.91 Å². The number of benzene rings is 1. The number of nitrogens with one attached hydrogen (secondary N) is 2. The van der Waals surface area contributed by atoms with E-state index in [1.165, 1.54) is 0 Å². The topological polar surface area (TPSA) is 54.0 Å². The molecule has 0 unspecified atom stereocenters. The van der Waals surface area contributed by atoms with Gasteiger partial charge in [0.1, 0.15) is 5.69 Å². The lowest BCUT2D eigenvalue weighted by Crippen LogP contribution is -2.26. The van der Waals surface area contributed by atoms with Crippen molar-refractivity contribution >= 4 is 17.3 Å². The summed E-state index contributed by atoms with van der Waals surface area (Å²) in [6.45, 7) is 10.2. The molecular formula is C18H23N3O. The highest BCUT2D eigenvalue weighted by Crippen LogP contribution is 2.18. The van der Waals surface area contributed by atoms with Gasteiger partial charge in [0.2, 0.25) is 0 Å². The van der Waals surface area contributed by atoms with Gasteiger partial charge in [0, 0.05) is 11.2 Å². The van der Waals surface area contributed by atoms with E-state index in [2.05, 4.69) is 36.4 Å². The average Bonchev–Trinajstić information content (AvgIpc) is 2.42. The summed E-state index contributed by atoms with van der Waals surface area (Å²) >= 11 is 0. The molecule has 4 heteroatoms. The number of anilines is 2. The molecule has 22 heavy (non-hydrogen) atoms. The van der Waals surface area contributed by atoms with Crippen molar-refractivity contribution in [1.29, 1.82) is 0 Å². The van der Waals surface area contributed by atoms with Crippen LogP contribution in [0.4, 0.5) is 11.4 Å². The summed E-state index contributed by atoms with van der Waals surface area (Å²) in [6.07, 6.45) is 1.68. The number of carbonyl (C=O) groups excluding carboxylic acids is 1. The van der Waals surface area contributed by atoms with Crippen molar-refractivity contribution < 1.29 is 4.79 Å². The number of rotatable bonds is 3. The summed E-state index contributed by atoms with van der Waals surface area (Å²) in [5.41, 5.74) is 4.23. The number of hydrogen-bond donors (Lipinski definition) is 2. The van der Waals surface area contributed by atoms with Gasteiger partial charge in [-0.1, -0.05) is 12.1 Å². The van der Waals surface area contributed by atoms with Crippen LogP contribution < -0.4 is 10.6 Å². The second kappa shape index (κ2) is 6.18. The first-order chi connectivity index (χ1) is 10.2. The second-order valence-corrected chi connectivity index (χ2v) is 6.58. The van der Waals surface area contributed by atoms with Gasteiger partial charge >= 0.3 is 0 Å². The van der Waals surface area contributed by atoms with E-state index < -0.39 is 0 Å². The van der Waals surface area contributed by atoms with E-state index in [4.69, 9.17) is 0 Å². The molecular weight excluding hydrogens is 274 g/mol. The summed E-state index contributed by atoms with van der Waals surface area (Å²) in [5, 5.41) is 6.23. The molecule has 0 aliphatic rings. The van der Waals surface area contributed by atoms with E-state index in [1.54, 1.807) is 12.3 Å². The van der Waals surface area contributed by atoms with Crippen molar-refractivity contribution in [3.63, 3.8) is 0 Å². The minimum absolute atomic E-state index is 0.0376. The molecule has 0 fully saturated rings. The molecule has 4 nitrogen and oxygen atoms in total. The summed E-state index contributed by atoms with van der Waals surface area (Å²) in [4.78, 5) is 16.5. The van der Waals surface area contributed by atoms with Crippen LogP contribution in [0.5, 0.6) is 0 Å². The van der Waals surface area contributed by atoms with Gasteiger partial charge in [-0.05, 0) is 63.9 Å². The van der Waals surface area contributed by atoms with Crippen LogP contribution in [0.2, 0.25) is 0 Å². The van der Waals surface area contributed by atoms with E-state index in [0.29, 0.717) is 5.69 Å². The molecule has 0 saturated heterocycles. The number of hydrogen-bond acceptors (Lipinski definition) is 3. The van der Waals surface area contributed by atoms with Gasteiger partial charge in [0.15, 0.2) is 0 Å². The van der Waals surface area contributed by atoms with Gasteiger partial charge in [-0.2, -0.15) is 0 Å².